The summed E-state index contributed by atoms with van der Waals surface area (Å²) in [5.41, 5.74) is 6.00. The van der Waals surface area contributed by atoms with Crippen molar-refractivity contribution in [1.82, 2.24) is 4.90 Å². The number of rotatable bonds is 10. The molecule has 0 spiro atoms. The van der Waals surface area contributed by atoms with Crippen molar-refractivity contribution in [2.24, 2.45) is 0 Å². The zero-order valence-electron chi connectivity index (χ0n) is 24.4. The Hall–Kier alpha value is -3.69. The highest BCUT2D eigenvalue weighted by Gasteiger charge is 2.46. The average molecular weight is 586 g/mol. The van der Waals surface area contributed by atoms with Crippen molar-refractivity contribution in [2.45, 2.75) is 49.9 Å². The number of carbonyl (C=O) groups is 1. The zero-order chi connectivity index (χ0) is 30.0. The van der Waals surface area contributed by atoms with Gasteiger partial charge in [0.1, 0.15) is 6.10 Å². The van der Waals surface area contributed by atoms with Gasteiger partial charge in [0.15, 0.2) is 17.5 Å². The largest absolute Gasteiger partial charge is 0.499 e. The van der Waals surface area contributed by atoms with Gasteiger partial charge < -0.3 is 29.5 Å². The summed E-state index contributed by atoms with van der Waals surface area (Å²) in [6, 6.07) is 16.6. The molecule has 8 heteroatoms. The third-order valence-electron chi connectivity index (χ3n) is 8.79. The first-order chi connectivity index (χ1) is 20.9. The van der Waals surface area contributed by atoms with Crippen molar-refractivity contribution in [3.05, 3.63) is 107 Å². The second-order valence-electron chi connectivity index (χ2n) is 11.5. The number of aliphatic hydroxyl groups is 3. The van der Waals surface area contributed by atoms with Crippen LogP contribution in [0.2, 0.25) is 0 Å². The summed E-state index contributed by atoms with van der Waals surface area (Å²) in [6.45, 7) is 5.92. The van der Waals surface area contributed by atoms with Crippen molar-refractivity contribution >= 4 is 17.1 Å². The molecule has 8 nitrogen and oxygen atoms in total. The minimum absolute atomic E-state index is 0.0365. The predicted molar refractivity (Wildman–Crippen MR) is 163 cm³/mol. The van der Waals surface area contributed by atoms with E-state index in [0.29, 0.717) is 6.42 Å². The molecule has 4 aliphatic rings. The number of cyclic esters (lactones) is 1. The quantitative estimate of drug-likeness (QED) is 0.274. The first kappa shape index (κ1) is 29.4. The Morgan fingerprint density at radius 1 is 1.12 bits per heavy atom. The first-order valence-corrected chi connectivity index (χ1v) is 15.2. The molecule has 6 rings (SSSR count). The lowest BCUT2D eigenvalue weighted by atomic mass is 9.76. The number of esters is 1. The van der Waals surface area contributed by atoms with Gasteiger partial charge in [0.05, 0.1) is 19.8 Å². The van der Waals surface area contributed by atoms with Gasteiger partial charge in [-0.05, 0) is 46.8 Å². The predicted octanol–water partition coefficient (Wildman–Crippen LogP) is 4.60. The third kappa shape index (κ3) is 5.68. The molecule has 2 unspecified atom stereocenters. The summed E-state index contributed by atoms with van der Waals surface area (Å²) in [6.07, 6.45) is 8.29. The topological polar surface area (TPSA) is 109 Å². The second kappa shape index (κ2) is 12.5. The van der Waals surface area contributed by atoms with Gasteiger partial charge in [-0.25, -0.2) is 4.79 Å². The van der Waals surface area contributed by atoms with Crippen LogP contribution in [0.3, 0.4) is 0 Å². The van der Waals surface area contributed by atoms with Crippen molar-refractivity contribution < 1.29 is 34.3 Å². The van der Waals surface area contributed by atoms with Crippen LogP contribution in [0.25, 0.3) is 11.1 Å². The molecule has 1 saturated heterocycles. The molecule has 0 radical (unpaired) electrons. The molecule has 43 heavy (non-hydrogen) atoms. The van der Waals surface area contributed by atoms with Gasteiger partial charge in [-0.1, -0.05) is 80.1 Å². The molecule has 3 N–H and O–H groups in total. The maximum atomic E-state index is 12.2. The van der Waals surface area contributed by atoms with E-state index in [-0.39, 0.29) is 11.7 Å². The van der Waals surface area contributed by atoms with Crippen molar-refractivity contribution in [3.63, 3.8) is 0 Å². The molecule has 2 heterocycles. The minimum atomic E-state index is -1.42. The normalized spacial score (nSPS) is 26.7. The van der Waals surface area contributed by atoms with Crippen LogP contribution < -0.4 is 0 Å². The lowest BCUT2D eigenvalue weighted by Crippen LogP contribution is -2.37. The SMILES string of the molecule is CCCC1(OC2=C(O)C(=O)O[C@@H]2[C@@H](O)CO)C=CC(/C=C2\C=C(CCN3CCOCC3)c3ccccc32)c2ccccc21. The van der Waals surface area contributed by atoms with E-state index in [1.165, 1.54) is 22.3 Å². The number of ether oxygens (including phenoxy) is 3. The van der Waals surface area contributed by atoms with Crippen molar-refractivity contribution in [3.8, 4) is 0 Å². The summed E-state index contributed by atoms with van der Waals surface area (Å²) in [5, 5.41) is 30.4. The lowest BCUT2D eigenvalue weighted by Gasteiger charge is -2.39. The summed E-state index contributed by atoms with van der Waals surface area (Å²) in [5.74, 6) is -1.86. The number of fused-ring (bicyclic) bond motifs is 2. The van der Waals surface area contributed by atoms with Crippen LogP contribution in [0.4, 0.5) is 0 Å². The van der Waals surface area contributed by atoms with Gasteiger partial charge in [0.25, 0.3) is 0 Å². The van der Waals surface area contributed by atoms with E-state index in [4.69, 9.17) is 14.2 Å². The molecule has 2 aliphatic carbocycles. The monoisotopic (exact) mass is 585 g/mol. The number of hydrogen-bond donors (Lipinski definition) is 3. The zero-order valence-corrected chi connectivity index (χ0v) is 24.4. The molecular formula is C35H39NO7. The number of nitrogens with zero attached hydrogens (tertiary/aromatic N) is 1. The maximum absolute atomic E-state index is 12.2. The Bertz CT molecular complexity index is 1480. The molecule has 226 valence electrons. The summed E-state index contributed by atoms with van der Waals surface area (Å²) >= 11 is 0. The molecule has 1 fully saturated rings. The second-order valence-corrected chi connectivity index (χ2v) is 11.5. The van der Waals surface area contributed by atoms with Crippen LogP contribution in [0.1, 0.15) is 54.4 Å². The fourth-order valence-corrected chi connectivity index (χ4v) is 6.61. The Kier molecular flexibility index (Phi) is 8.54. The highest BCUT2D eigenvalue weighted by molar-refractivity contribution is 5.96. The lowest BCUT2D eigenvalue weighted by molar-refractivity contribution is -0.149. The number of aliphatic hydroxyl groups excluding tert-OH is 3. The Morgan fingerprint density at radius 3 is 2.63 bits per heavy atom. The van der Waals surface area contributed by atoms with Crippen LogP contribution in [0.5, 0.6) is 0 Å². The van der Waals surface area contributed by atoms with Crippen LogP contribution in [-0.2, 0) is 24.6 Å². The van der Waals surface area contributed by atoms with Gasteiger partial charge >= 0.3 is 5.97 Å². The highest BCUT2D eigenvalue weighted by atomic mass is 16.6. The summed E-state index contributed by atoms with van der Waals surface area (Å²) in [4.78, 5) is 14.7. The molecule has 2 aliphatic heterocycles. The Labute approximate surface area is 252 Å². The van der Waals surface area contributed by atoms with E-state index < -0.39 is 36.1 Å². The third-order valence-corrected chi connectivity index (χ3v) is 8.79. The number of hydrogen-bond acceptors (Lipinski definition) is 8. The van der Waals surface area contributed by atoms with Gasteiger partial charge in [-0.3, -0.25) is 4.90 Å². The molecule has 2 aromatic carbocycles. The van der Waals surface area contributed by atoms with Crippen molar-refractivity contribution in [2.75, 3.05) is 39.5 Å². The maximum Gasteiger partial charge on any atom is 0.378 e. The minimum Gasteiger partial charge on any atom is -0.499 e. The van der Waals surface area contributed by atoms with Gasteiger partial charge in [0.2, 0.25) is 5.76 Å². The molecule has 0 amide bonds. The Balaban J connectivity index is 1.34. The molecule has 4 atom stereocenters. The first-order valence-electron chi connectivity index (χ1n) is 15.2. The Morgan fingerprint density at radius 2 is 1.86 bits per heavy atom. The standard InChI is InChI=1S/C35H39NO7/c1-2-13-35(43-33-31(39)34(40)42-32(33)30(38)22-37)14-11-23(28-9-5-6-10-29(28)35)20-25-21-24(26-7-3-4-8-27(25)26)12-15-36-16-18-41-19-17-36/h3-11,14,20-21,23,30,32,37-39H,2,12-13,15-19,22H2,1H3/b25-20+/t23?,30-,32+,35?/m0/s1. The number of carbonyl (C=O) groups excluding carboxylic acids is 1. The van der Waals surface area contributed by atoms with E-state index in [1.807, 2.05) is 31.2 Å². The molecule has 2 aromatic rings. The van der Waals surface area contributed by atoms with Gasteiger partial charge in [-0.2, -0.15) is 0 Å². The van der Waals surface area contributed by atoms with E-state index in [9.17, 15) is 20.1 Å². The summed E-state index contributed by atoms with van der Waals surface area (Å²) in [7, 11) is 0. The smallest absolute Gasteiger partial charge is 0.378 e. The number of benzene rings is 2. The highest BCUT2D eigenvalue weighted by Crippen LogP contribution is 2.47. The summed E-state index contributed by atoms with van der Waals surface area (Å²) < 4.78 is 17.2. The van der Waals surface area contributed by atoms with E-state index in [1.54, 1.807) is 0 Å². The van der Waals surface area contributed by atoms with Gasteiger partial charge in [-0.15, -0.1) is 0 Å². The molecule has 0 saturated carbocycles. The average Bonchev–Trinajstić information content (AvgIpc) is 3.53. The van der Waals surface area contributed by atoms with E-state index in [2.05, 4.69) is 53.5 Å². The van der Waals surface area contributed by atoms with Crippen LogP contribution in [-0.4, -0.2) is 77.9 Å². The molecule has 0 aromatic heterocycles. The van der Waals surface area contributed by atoms with E-state index >= 15 is 0 Å². The van der Waals surface area contributed by atoms with Gasteiger partial charge in [0, 0.05) is 31.1 Å². The number of morpholine rings is 1. The molecule has 0 bridgehead atoms. The molecular weight excluding hydrogens is 546 g/mol. The fraction of sp³-hybridized carbons (Fsp3) is 0.400. The van der Waals surface area contributed by atoms with E-state index in [0.717, 1.165) is 56.8 Å². The van der Waals surface area contributed by atoms with Crippen LogP contribution in [0.15, 0.2) is 84.4 Å². The van der Waals surface area contributed by atoms with Crippen molar-refractivity contribution in [1.29, 1.82) is 0 Å². The van der Waals surface area contributed by atoms with Crippen LogP contribution in [0, 0.1) is 0 Å². The van der Waals surface area contributed by atoms with Crippen LogP contribution >= 0.6 is 0 Å². The fourth-order valence-electron chi connectivity index (χ4n) is 6.61. The number of allylic oxidation sites excluding steroid dienone is 4.